The number of benzene rings is 1. The Bertz CT molecular complexity index is 956. The Kier molecular flexibility index (Phi) is 6.11. The Morgan fingerprint density at radius 1 is 1.13 bits per heavy atom. The highest BCUT2D eigenvalue weighted by atomic mass is 16.5. The van der Waals surface area contributed by atoms with E-state index in [1.54, 1.807) is 0 Å². The molecule has 162 valence electrons. The van der Waals surface area contributed by atoms with E-state index in [0.29, 0.717) is 6.04 Å². The summed E-state index contributed by atoms with van der Waals surface area (Å²) < 4.78 is 6.53. The van der Waals surface area contributed by atoms with Gasteiger partial charge in [-0.05, 0) is 30.0 Å². The van der Waals surface area contributed by atoms with Crippen LogP contribution in [-0.4, -0.2) is 51.4 Å². The summed E-state index contributed by atoms with van der Waals surface area (Å²) in [7, 11) is 0. The molecule has 1 aliphatic heterocycles. The quantitative estimate of drug-likeness (QED) is 0.639. The molecule has 5 rings (SSSR count). The highest BCUT2D eigenvalue weighted by Crippen LogP contribution is 2.36. The van der Waals surface area contributed by atoms with E-state index < -0.39 is 0 Å². The van der Waals surface area contributed by atoms with Crippen LogP contribution in [0.15, 0.2) is 61.1 Å². The Balaban J connectivity index is 1.29. The van der Waals surface area contributed by atoms with Gasteiger partial charge in [0.25, 0.3) is 0 Å². The fourth-order valence-corrected chi connectivity index (χ4v) is 5.15. The zero-order valence-electron chi connectivity index (χ0n) is 18.0. The molecule has 0 unspecified atom stereocenters. The number of morpholine rings is 1. The lowest BCUT2D eigenvalue weighted by Gasteiger charge is -2.50. The van der Waals surface area contributed by atoms with Gasteiger partial charge in [-0.2, -0.15) is 5.10 Å². The highest BCUT2D eigenvalue weighted by Gasteiger charge is 2.45. The number of nitrogens with one attached hydrogen (secondary N) is 2. The molecule has 6 heteroatoms. The second-order valence-corrected chi connectivity index (χ2v) is 8.80. The molecular weight excluding hydrogens is 386 g/mol. The van der Waals surface area contributed by atoms with Gasteiger partial charge in [0.1, 0.15) is 0 Å². The maximum Gasteiger partial charge on any atom is 0.0961 e. The summed E-state index contributed by atoms with van der Waals surface area (Å²) in [5, 5.41) is 11.4. The predicted octanol–water partition coefficient (Wildman–Crippen LogP) is 3.78. The molecule has 2 fully saturated rings. The van der Waals surface area contributed by atoms with Crippen molar-refractivity contribution in [3.05, 3.63) is 72.2 Å². The summed E-state index contributed by atoms with van der Waals surface area (Å²) in [6.45, 7) is 4.42. The molecular formula is C25H31N5O. The number of H-pyrrole nitrogens is 1. The van der Waals surface area contributed by atoms with Gasteiger partial charge >= 0.3 is 0 Å². The SMILES string of the molecule is c1ccc(-c2[nH]ncc2CN2CCO[C@@]3(CCCC[C@@H]3NCc3cccnc3)C2)cc1. The van der Waals surface area contributed by atoms with Gasteiger partial charge in [-0.3, -0.25) is 15.0 Å². The third kappa shape index (κ3) is 4.56. The van der Waals surface area contributed by atoms with Crippen LogP contribution in [0, 0.1) is 0 Å². The molecule has 2 aromatic heterocycles. The van der Waals surface area contributed by atoms with Gasteiger partial charge in [-0.15, -0.1) is 0 Å². The summed E-state index contributed by atoms with van der Waals surface area (Å²) in [4.78, 5) is 6.80. The van der Waals surface area contributed by atoms with Gasteiger partial charge in [0.15, 0.2) is 0 Å². The molecule has 3 aromatic rings. The van der Waals surface area contributed by atoms with E-state index in [2.05, 4.69) is 55.7 Å². The first-order chi connectivity index (χ1) is 15.3. The molecule has 2 N–H and O–H groups in total. The molecule has 2 aliphatic rings. The minimum Gasteiger partial charge on any atom is -0.371 e. The fourth-order valence-electron chi connectivity index (χ4n) is 5.15. The van der Waals surface area contributed by atoms with Crippen molar-refractivity contribution in [1.82, 2.24) is 25.4 Å². The summed E-state index contributed by atoms with van der Waals surface area (Å²) in [6.07, 6.45) is 10.5. The first kappa shape index (κ1) is 20.4. The number of ether oxygens (including phenoxy) is 1. The number of aromatic amines is 1. The number of aromatic nitrogens is 3. The standard InChI is InChI=1S/C25H31N5O/c1-2-8-21(9-3-1)24-22(17-28-29-24)18-30-13-14-31-25(19-30)11-5-4-10-23(25)27-16-20-7-6-12-26-15-20/h1-3,6-9,12,15,17,23,27H,4-5,10-11,13-14,16,18-19H2,(H,28,29)/t23-,25-/m0/s1. The molecule has 1 aromatic carbocycles. The van der Waals surface area contributed by atoms with Gasteiger partial charge in [0.05, 0.1) is 24.1 Å². The third-order valence-corrected chi connectivity index (χ3v) is 6.72. The summed E-state index contributed by atoms with van der Waals surface area (Å²) >= 11 is 0. The number of pyridine rings is 1. The zero-order chi connectivity index (χ0) is 20.9. The van der Waals surface area contributed by atoms with E-state index in [1.165, 1.54) is 29.5 Å². The zero-order valence-corrected chi connectivity index (χ0v) is 18.0. The minimum absolute atomic E-state index is 0.116. The van der Waals surface area contributed by atoms with E-state index >= 15 is 0 Å². The minimum atomic E-state index is -0.116. The number of rotatable bonds is 6. The van der Waals surface area contributed by atoms with E-state index in [9.17, 15) is 0 Å². The Morgan fingerprint density at radius 3 is 2.94 bits per heavy atom. The van der Waals surface area contributed by atoms with Crippen molar-refractivity contribution in [1.29, 1.82) is 0 Å². The van der Waals surface area contributed by atoms with E-state index in [1.807, 2.05) is 30.7 Å². The lowest BCUT2D eigenvalue weighted by atomic mass is 9.78. The van der Waals surface area contributed by atoms with Crippen molar-refractivity contribution in [2.45, 2.75) is 50.4 Å². The fraction of sp³-hybridized carbons (Fsp3) is 0.440. The van der Waals surface area contributed by atoms with Crippen LogP contribution in [0.4, 0.5) is 0 Å². The van der Waals surface area contributed by atoms with Gasteiger partial charge in [0.2, 0.25) is 0 Å². The van der Waals surface area contributed by atoms with E-state index in [4.69, 9.17) is 4.74 Å². The van der Waals surface area contributed by atoms with E-state index in [0.717, 1.165) is 51.3 Å². The summed E-state index contributed by atoms with van der Waals surface area (Å²) in [6, 6.07) is 15.0. The summed E-state index contributed by atoms with van der Waals surface area (Å²) in [5.41, 5.74) is 4.67. The molecule has 1 saturated heterocycles. The molecule has 0 amide bonds. The normalized spacial score (nSPS) is 24.5. The van der Waals surface area contributed by atoms with Gasteiger partial charge in [-0.1, -0.05) is 49.2 Å². The van der Waals surface area contributed by atoms with Crippen molar-refractivity contribution in [2.24, 2.45) is 0 Å². The van der Waals surface area contributed by atoms with Crippen molar-refractivity contribution in [3.63, 3.8) is 0 Å². The van der Waals surface area contributed by atoms with Crippen LogP contribution >= 0.6 is 0 Å². The molecule has 1 spiro atoms. The maximum atomic E-state index is 6.53. The van der Waals surface area contributed by atoms with Crippen LogP contribution in [-0.2, 0) is 17.8 Å². The van der Waals surface area contributed by atoms with Crippen molar-refractivity contribution < 1.29 is 4.74 Å². The van der Waals surface area contributed by atoms with Crippen LogP contribution < -0.4 is 5.32 Å². The highest BCUT2D eigenvalue weighted by molar-refractivity contribution is 5.62. The van der Waals surface area contributed by atoms with Gasteiger partial charge < -0.3 is 10.1 Å². The summed E-state index contributed by atoms with van der Waals surface area (Å²) in [5.74, 6) is 0. The molecule has 1 saturated carbocycles. The molecule has 0 radical (unpaired) electrons. The largest absolute Gasteiger partial charge is 0.371 e. The molecule has 1 aliphatic carbocycles. The average molecular weight is 418 g/mol. The van der Waals surface area contributed by atoms with Crippen LogP contribution in [0.2, 0.25) is 0 Å². The van der Waals surface area contributed by atoms with Gasteiger partial charge in [0, 0.05) is 50.2 Å². The first-order valence-corrected chi connectivity index (χ1v) is 11.4. The molecule has 0 bridgehead atoms. The van der Waals surface area contributed by atoms with Crippen molar-refractivity contribution in [3.8, 4) is 11.3 Å². The van der Waals surface area contributed by atoms with E-state index in [-0.39, 0.29) is 5.60 Å². The van der Waals surface area contributed by atoms with Crippen molar-refractivity contribution >= 4 is 0 Å². The Morgan fingerprint density at radius 2 is 2.06 bits per heavy atom. The molecule has 3 heterocycles. The second-order valence-electron chi connectivity index (χ2n) is 8.80. The van der Waals surface area contributed by atoms with Gasteiger partial charge in [-0.25, -0.2) is 0 Å². The lowest BCUT2D eigenvalue weighted by Crippen LogP contribution is -2.63. The monoisotopic (exact) mass is 417 g/mol. The lowest BCUT2D eigenvalue weighted by molar-refractivity contribution is -0.145. The van der Waals surface area contributed by atoms with Crippen molar-refractivity contribution in [2.75, 3.05) is 19.7 Å². The Hall–Kier alpha value is -2.54. The Labute approximate surface area is 184 Å². The molecule has 6 nitrogen and oxygen atoms in total. The average Bonchev–Trinajstić information content (AvgIpc) is 3.28. The smallest absolute Gasteiger partial charge is 0.0961 e. The maximum absolute atomic E-state index is 6.53. The predicted molar refractivity (Wildman–Crippen MR) is 121 cm³/mol. The van der Waals surface area contributed by atoms with Crippen LogP contribution in [0.25, 0.3) is 11.3 Å². The van der Waals surface area contributed by atoms with Crippen LogP contribution in [0.3, 0.4) is 0 Å². The third-order valence-electron chi connectivity index (χ3n) is 6.72. The first-order valence-electron chi connectivity index (χ1n) is 11.4. The number of hydrogen-bond donors (Lipinski definition) is 2. The molecule has 2 atom stereocenters. The molecule has 31 heavy (non-hydrogen) atoms. The second kappa shape index (κ2) is 9.30. The van der Waals surface area contributed by atoms with Crippen LogP contribution in [0.5, 0.6) is 0 Å². The van der Waals surface area contributed by atoms with Crippen LogP contribution in [0.1, 0.15) is 36.8 Å². The number of hydrogen-bond acceptors (Lipinski definition) is 5. The topological polar surface area (TPSA) is 66.1 Å². The number of nitrogens with zero attached hydrogens (tertiary/aromatic N) is 3.